The van der Waals surface area contributed by atoms with E-state index in [2.05, 4.69) is 53.7 Å². The summed E-state index contributed by atoms with van der Waals surface area (Å²) < 4.78 is 5.93. The zero-order valence-corrected chi connectivity index (χ0v) is 18.5. The summed E-state index contributed by atoms with van der Waals surface area (Å²) in [7, 11) is 0. The smallest absolute Gasteiger partial charge is 0.336 e. The zero-order chi connectivity index (χ0) is 21.8. The first-order valence-corrected chi connectivity index (χ1v) is 10.4. The van der Waals surface area contributed by atoms with Gasteiger partial charge in [-0.3, -0.25) is 9.59 Å². The van der Waals surface area contributed by atoms with Gasteiger partial charge in [-0.2, -0.15) is 0 Å². The van der Waals surface area contributed by atoms with Gasteiger partial charge in [-0.1, -0.05) is 53.7 Å². The molecule has 0 spiro atoms. The Labute approximate surface area is 173 Å². The number of amides is 2. The van der Waals surface area contributed by atoms with Gasteiger partial charge in [-0.25, -0.2) is 4.79 Å². The first-order chi connectivity index (χ1) is 13.5. The van der Waals surface area contributed by atoms with E-state index in [0.717, 1.165) is 24.2 Å². The van der Waals surface area contributed by atoms with Gasteiger partial charge in [0, 0.05) is 18.4 Å². The number of rotatable bonds is 9. The van der Waals surface area contributed by atoms with Gasteiger partial charge in [0.2, 0.25) is 0 Å². The van der Waals surface area contributed by atoms with Crippen LogP contribution in [-0.2, 0) is 30.1 Å². The van der Waals surface area contributed by atoms with Crippen LogP contribution in [0, 0.1) is 0 Å². The maximum Gasteiger partial charge on any atom is 0.336 e. The lowest BCUT2D eigenvalue weighted by molar-refractivity contribution is -0.197. The molecule has 1 aromatic rings. The molecule has 0 saturated carbocycles. The van der Waals surface area contributed by atoms with Gasteiger partial charge in [-0.05, 0) is 35.3 Å². The fourth-order valence-corrected chi connectivity index (χ4v) is 3.05. The highest BCUT2D eigenvalue weighted by Gasteiger charge is 2.33. The summed E-state index contributed by atoms with van der Waals surface area (Å²) in [5.41, 5.74) is 2.35. The van der Waals surface area contributed by atoms with Gasteiger partial charge < -0.3 is 9.57 Å². The van der Waals surface area contributed by atoms with E-state index in [1.807, 2.05) is 6.07 Å². The third kappa shape index (κ3) is 5.37. The molecule has 0 N–H and O–H groups in total. The Balaban J connectivity index is 2.08. The Morgan fingerprint density at radius 3 is 2.14 bits per heavy atom. The summed E-state index contributed by atoms with van der Waals surface area (Å²) in [5, 5.41) is 0.565. The van der Waals surface area contributed by atoms with Gasteiger partial charge in [-0.15, -0.1) is 5.06 Å². The predicted molar refractivity (Wildman–Crippen MR) is 110 cm³/mol. The third-order valence-electron chi connectivity index (χ3n) is 6.02. The number of imide groups is 1. The third-order valence-corrected chi connectivity index (χ3v) is 6.02. The molecule has 2 amide bonds. The van der Waals surface area contributed by atoms with Crippen molar-refractivity contribution in [1.29, 1.82) is 0 Å². The zero-order valence-electron chi connectivity index (χ0n) is 18.5. The van der Waals surface area contributed by atoms with Crippen molar-refractivity contribution in [1.82, 2.24) is 5.06 Å². The highest BCUT2D eigenvalue weighted by atomic mass is 16.7. The lowest BCUT2D eigenvalue weighted by Crippen LogP contribution is -2.32. The molecule has 2 rings (SSSR count). The number of hydrogen-bond acceptors (Lipinski definition) is 5. The normalized spacial score (nSPS) is 15.0. The fraction of sp³-hybridized carbons (Fsp3) is 0.609. The van der Waals surface area contributed by atoms with E-state index in [1.54, 1.807) is 0 Å². The highest BCUT2D eigenvalue weighted by molar-refractivity contribution is 6.01. The largest absolute Gasteiger partial charge is 0.493 e. The quantitative estimate of drug-likeness (QED) is 0.570. The molecule has 0 unspecified atom stereocenters. The van der Waals surface area contributed by atoms with Gasteiger partial charge in [0.25, 0.3) is 11.8 Å². The van der Waals surface area contributed by atoms with Crippen LogP contribution >= 0.6 is 0 Å². The summed E-state index contributed by atoms with van der Waals surface area (Å²) in [4.78, 5) is 40.0. The summed E-state index contributed by atoms with van der Waals surface area (Å²) in [6.45, 7) is 13.2. The molecule has 1 aliphatic heterocycles. The molecular weight excluding hydrogens is 370 g/mol. The Morgan fingerprint density at radius 1 is 1.00 bits per heavy atom. The average Bonchev–Trinajstić information content (AvgIpc) is 2.99. The maximum atomic E-state index is 12.0. The minimum Gasteiger partial charge on any atom is -0.493 e. The SMILES string of the molecule is CCC(C)(C)c1ccc(OCCC(=O)ON2C(=O)CCC2=O)c(C(C)(C)CC)c1. The Morgan fingerprint density at radius 2 is 1.59 bits per heavy atom. The Hall–Kier alpha value is -2.37. The minimum atomic E-state index is -0.659. The summed E-state index contributed by atoms with van der Waals surface area (Å²) in [6.07, 6.45) is 2.09. The Bertz CT molecular complexity index is 765. The summed E-state index contributed by atoms with van der Waals surface area (Å²) in [5.74, 6) is -0.877. The van der Waals surface area contributed by atoms with Crippen LogP contribution in [0.1, 0.15) is 84.8 Å². The first-order valence-electron chi connectivity index (χ1n) is 10.4. The van der Waals surface area contributed by atoms with Crippen molar-refractivity contribution in [3.63, 3.8) is 0 Å². The van der Waals surface area contributed by atoms with Crippen LogP contribution in [-0.4, -0.2) is 29.5 Å². The minimum absolute atomic E-state index is 0.0503. The second-order valence-electron chi connectivity index (χ2n) is 8.83. The van der Waals surface area contributed by atoms with E-state index < -0.39 is 17.8 Å². The Kier molecular flexibility index (Phi) is 7.09. The molecular formula is C23H33NO5. The lowest BCUT2D eigenvalue weighted by atomic mass is 9.76. The molecule has 1 aliphatic rings. The van der Waals surface area contributed by atoms with E-state index in [9.17, 15) is 14.4 Å². The van der Waals surface area contributed by atoms with Crippen molar-refractivity contribution >= 4 is 17.8 Å². The maximum absolute atomic E-state index is 12.0. The molecule has 160 valence electrons. The second kappa shape index (κ2) is 8.97. The van der Waals surface area contributed by atoms with Crippen molar-refractivity contribution < 1.29 is 24.0 Å². The molecule has 0 aromatic heterocycles. The van der Waals surface area contributed by atoms with Crippen molar-refractivity contribution in [3.05, 3.63) is 29.3 Å². The second-order valence-corrected chi connectivity index (χ2v) is 8.83. The summed E-state index contributed by atoms with van der Waals surface area (Å²) >= 11 is 0. The molecule has 0 aliphatic carbocycles. The molecule has 1 heterocycles. The molecule has 0 atom stereocenters. The van der Waals surface area contributed by atoms with Crippen LogP contribution in [0.3, 0.4) is 0 Å². The van der Waals surface area contributed by atoms with Crippen LogP contribution in [0.15, 0.2) is 18.2 Å². The van der Waals surface area contributed by atoms with E-state index in [-0.39, 0.29) is 36.7 Å². The first kappa shape index (κ1) is 22.9. The van der Waals surface area contributed by atoms with Crippen LogP contribution in [0.25, 0.3) is 0 Å². The molecule has 6 nitrogen and oxygen atoms in total. The fourth-order valence-electron chi connectivity index (χ4n) is 3.05. The standard InChI is InChI=1S/C23H33NO5/c1-7-22(3,4)16-9-10-18(17(15-16)23(5,6)8-2)28-14-13-21(27)29-24-19(25)11-12-20(24)26/h9-10,15H,7-8,11-14H2,1-6H3. The average molecular weight is 404 g/mol. The number of carbonyl (C=O) groups excluding carboxylic acids is 3. The molecule has 0 radical (unpaired) electrons. The van der Waals surface area contributed by atoms with Crippen LogP contribution in [0.5, 0.6) is 5.75 Å². The van der Waals surface area contributed by atoms with E-state index >= 15 is 0 Å². The highest BCUT2D eigenvalue weighted by Crippen LogP contribution is 2.38. The number of hydroxylamine groups is 2. The summed E-state index contributed by atoms with van der Waals surface area (Å²) in [6, 6.07) is 6.26. The van der Waals surface area contributed by atoms with E-state index in [0.29, 0.717) is 5.06 Å². The number of nitrogens with zero attached hydrogens (tertiary/aromatic N) is 1. The lowest BCUT2D eigenvalue weighted by Gasteiger charge is -2.30. The van der Waals surface area contributed by atoms with Crippen molar-refractivity contribution in [2.24, 2.45) is 0 Å². The van der Waals surface area contributed by atoms with E-state index in [4.69, 9.17) is 9.57 Å². The molecule has 1 fully saturated rings. The van der Waals surface area contributed by atoms with Gasteiger partial charge >= 0.3 is 5.97 Å². The number of benzene rings is 1. The topological polar surface area (TPSA) is 72.9 Å². The monoisotopic (exact) mass is 403 g/mol. The van der Waals surface area contributed by atoms with Crippen LogP contribution < -0.4 is 4.74 Å². The van der Waals surface area contributed by atoms with Crippen molar-refractivity contribution in [2.45, 2.75) is 84.5 Å². The van der Waals surface area contributed by atoms with Gasteiger partial charge in [0.15, 0.2) is 0 Å². The predicted octanol–water partition coefficient (Wildman–Crippen LogP) is 4.44. The van der Waals surface area contributed by atoms with E-state index in [1.165, 1.54) is 5.56 Å². The van der Waals surface area contributed by atoms with Crippen LogP contribution in [0.2, 0.25) is 0 Å². The molecule has 0 bridgehead atoms. The van der Waals surface area contributed by atoms with Gasteiger partial charge in [0.1, 0.15) is 5.75 Å². The van der Waals surface area contributed by atoms with Crippen LogP contribution in [0.4, 0.5) is 0 Å². The number of ether oxygens (including phenoxy) is 1. The van der Waals surface area contributed by atoms with Crippen molar-refractivity contribution in [3.8, 4) is 5.75 Å². The van der Waals surface area contributed by atoms with Crippen molar-refractivity contribution in [2.75, 3.05) is 6.61 Å². The number of hydrogen-bond donors (Lipinski definition) is 0. The molecule has 1 aromatic carbocycles. The number of carbonyl (C=O) groups is 3. The van der Waals surface area contributed by atoms with Gasteiger partial charge in [0.05, 0.1) is 13.0 Å². The molecule has 29 heavy (non-hydrogen) atoms. The molecule has 1 saturated heterocycles. The molecule has 6 heteroatoms.